The number of benzene rings is 1. The van der Waals surface area contributed by atoms with Gasteiger partial charge < -0.3 is 10.6 Å². The Kier molecular flexibility index (Phi) is 5.50. The molecule has 1 aromatic heterocycles. The largest absolute Gasteiger partial charge is 0.355 e. The van der Waals surface area contributed by atoms with E-state index in [2.05, 4.69) is 61.5 Å². The average Bonchev–Trinajstić information content (AvgIpc) is 2.46. The van der Waals surface area contributed by atoms with Crippen LogP contribution in [0.2, 0.25) is 0 Å². The van der Waals surface area contributed by atoms with Gasteiger partial charge in [-0.1, -0.05) is 37.6 Å². The lowest BCUT2D eigenvalue weighted by Gasteiger charge is -2.26. The van der Waals surface area contributed by atoms with Gasteiger partial charge in [0.2, 0.25) is 0 Å². The first-order valence-corrected chi connectivity index (χ1v) is 7.93. The smallest absolute Gasteiger partial charge is 0.171 e. The number of rotatable bonds is 4. The van der Waals surface area contributed by atoms with Crippen molar-refractivity contribution < 1.29 is 0 Å². The Labute approximate surface area is 138 Å². The second kappa shape index (κ2) is 7.36. The van der Waals surface area contributed by atoms with E-state index in [4.69, 9.17) is 12.2 Å². The monoisotopic (exact) mass is 313 g/mol. The number of aryl methyl sites for hydroxylation is 2. The van der Waals surface area contributed by atoms with E-state index < -0.39 is 0 Å². The van der Waals surface area contributed by atoms with Crippen molar-refractivity contribution in [2.24, 2.45) is 5.92 Å². The van der Waals surface area contributed by atoms with E-state index in [1.54, 1.807) is 12.4 Å². The van der Waals surface area contributed by atoms with Gasteiger partial charge in [-0.2, -0.15) is 0 Å². The molecule has 2 rings (SSSR count). The van der Waals surface area contributed by atoms with E-state index in [0.29, 0.717) is 11.0 Å². The molecule has 0 spiro atoms. The molecule has 1 heterocycles. The van der Waals surface area contributed by atoms with Crippen molar-refractivity contribution >= 4 is 23.0 Å². The summed E-state index contributed by atoms with van der Waals surface area (Å²) in [6, 6.07) is 10.6. The van der Waals surface area contributed by atoms with Gasteiger partial charge in [-0.25, -0.2) is 0 Å². The molecule has 116 valence electrons. The zero-order chi connectivity index (χ0) is 16.1. The van der Waals surface area contributed by atoms with E-state index in [-0.39, 0.29) is 6.04 Å². The van der Waals surface area contributed by atoms with Gasteiger partial charge in [-0.15, -0.1) is 0 Å². The van der Waals surface area contributed by atoms with E-state index in [9.17, 15) is 0 Å². The van der Waals surface area contributed by atoms with Crippen LogP contribution in [-0.2, 0) is 0 Å². The van der Waals surface area contributed by atoms with E-state index in [1.807, 2.05) is 12.1 Å². The van der Waals surface area contributed by atoms with E-state index >= 15 is 0 Å². The summed E-state index contributed by atoms with van der Waals surface area (Å²) in [4.78, 5) is 4.08. The molecule has 2 aromatic rings. The zero-order valence-electron chi connectivity index (χ0n) is 13.6. The fraction of sp³-hybridized carbons (Fsp3) is 0.333. The van der Waals surface area contributed by atoms with Gasteiger partial charge in [0.25, 0.3) is 0 Å². The van der Waals surface area contributed by atoms with Crippen molar-refractivity contribution in [3.8, 4) is 0 Å². The van der Waals surface area contributed by atoms with Gasteiger partial charge >= 0.3 is 0 Å². The summed E-state index contributed by atoms with van der Waals surface area (Å²) in [6.07, 6.45) is 3.50. The Hall–Kier alpha value is -1.94. The topological polar surface area (TPSA) is 37.0 Å². The van der Waals surface area contributed by atoms with Gasteiger partial charge in [0.1, 0.15) is 0 Å². The first-order chi connectivity index (χ1) is 10.5. The van der Waals surface area contributed by atoms with Crippen LogP contribution in [0.1, 0.15) is 36.6 Å². The second-order valence-corrected chi connectivity index (χ2v) is 6.33. The Balaban J connectivity index is 2.13. The Morgan fingerprint density at radius 3 is 2.55 bits per heavy atom. The Morgan fingerprint density at radius 1 is 1.18 bits per heavy atom. The van der Waals surface area contributed by atoms with Crippen LogP contribution in [0.4, 0.5) is 5.69 Å². The first kappa shape index (κ1) is 16.4. The lowest BCUT2D eigenvalue weighted by molar-refractivity contribution is 0.471. The van der Waals surface area contributed by atoms with Gasteiger partial charge in [0.15, 0.2) is 5.11 Å². The minimum absolute atomic E-state index is 0.178. The van der Waals surface area contributed by atoms with Gasteiger partial charge in [0.05, 0.1) is 17.9 Å². The predicted molar refractivity (Wildman–Crippen MR) is 97.1 cm³/mol. The number of nitrogens with zero attached hydrogens (tertiary/aromatic N) is 1. The summed E-state index contributed by atoms with van der Waals surface area (Å²) >= 11 is 5.45. The summed E-state index contributed by atoms with van der Waals surface area (Å²) < 4.78 is 0. The van der Waals surface area contributed by atoms with Crippen LogP contribution in [-0.4, -0.2) is 10.1 Å². The third-order valence-electron chi connectivity index (χ3n) is 3.63. The average molecular weight is 313 g/mol. The number of pyridine rings is 1. The van der Waals surface area contributed by atoms with Crippen LogP contribution < -0.4 is 10.6 Å². The number of hydrogen-bond donors (Lipinski definition) is 2. The molecular formula is C18H23N3S. The fourth-order valence-corrected chi connectivity index (χ4v) is 2.77. The summed E-state index contributed by atoms with van der Waals surface area (Å²) in [6.45, 7) is 8.66. The number of aromatic nitrogens is 1. The molecule has 22 heavy (non-hydrogen) atoms. The molecule has 0 unspecified atom stereocenters. The van der Waals surface area contributed by atoms with E-state index in [0.717, 1.165) is 5.69 Å². The molecule has 0 bridgehead atoms. The summed E-state index contributed by atoms with van der Waals surface area (Å²) in [5.74, 6) is 0.426. The SMILES string of the molecule is Cc1ccc([C@@H](NC(=S)Nc2cccnc2)C(C)C)c(C)c1. The number of thiocarbonyl (C=S) groups is 1. The fourth-order valence-electron chi connectivity index (χ4n) is 2.52. The highest BCUT2D eigenvalue weighted by atomic mass is 32.1. The minimum Gasteiger partial charge on any atom is -0.355 e. The molecule has 0 saturated carbocycles. The third kappa shape index (κ3) is 4.28. The van der Waals surface area contributed by atoms with Crippen LogP contribution in [0.5, 0.6) is 0 Å². The molecule has 0 fully saturated rings. The maximum absolute atomic E-state index is 5.45. The van der Waals surface area contributed by atoms with Crippen LogP contribution in [0.15, 0.2) is 42.7 Å². The molecule has 0 aliphatic heterocycles. The predicted octanol–water partition coefficient (Wildman–Crippen LogP) is 4.38. The minimum atomic E-state index is 0.178. The van der Waals surface area contributed by atoms with E-state index in [1.165, 1.54) is 16.7 Å². The lowest BCUT2D eigenvalue weighted by Crippen LogP contribution is -2.35. The van der Waals surface area contributed by atoms with Crippen molar-refractivity contribution in [1.29, 1.82) is 0 Å². The van der Waals surface area contributed by atoms with Crippen LogP contribution in [0.25, 0.3) is 0 Å². The van der Waals surface area contributed by atoms with Crippen LogP contribution in [0.3, 0.4) is 0 Å². The quantitative estimate of drug-likeness (QED) is 0.821. The molecule has 0 radical (unpaired) electrons. The Bertz CT molecular complexity index is 638. The normalized spacial score (nSPS) is 12.0. The summed E-state index contributed by atoms with van der Waals surface area (Å²) in [5.41, 5.74) is 4.74. The maximum atomic E-state index is 5.45. The summed E-state index contributed by atoms with van der Waals surface area (Å²) in [7, 11) is 0. The Morgan fingerprint density at radius 2 is 1.95 bits per heavy atom. The lowest BCUT2D eigenvalue weighted by atomic mass is 9.92. The molecule has 2 N–H and O–H groups in total. The van der Waals surface area contributed by atoms with Gasteiger partial charge in [-0.05, 0) is 55.2 Å². The highest BCUT2D eigenvalue weighted by Gasteiger charge is 2.18. The van der Waals surface area contributed by atoms with Crippen molar-refractivity contribution in [3.63, 3.8) is 0 Å². The molecule has 0 aliphatic rings. The number of nitrogens with one attached hydrogen (secondary N) is 2. The molecule has 0 amide bonds. The first-order valence-electron chi connectivity index (χ1n) is 7.52. The summed E-state index contributed by atoms with van der Waals surface area (Å²) in [5, 5.41) is 7.24. The van der Waals surface area contributed by atoms with Crippen LogP contribution in [0, 0.1) is 19.8 Å². The molecule has 1 aromatic carbocycles. The highest BCUT2D eigenvalue weighted by molar-refractivity contribution is 7.80. The van der Waals surface area contributed by atoms with Crippen LogP contribution >= 0.6 is 12.2 Å². The maximum Gasteiger partial charge on any atom is 0.171 e. The molecule has 0 saturated heterocycles. The molecule has 3 nitrogen and oxygen atoms in total. The highest BCUT2D eigenvalue weighted by Crippen LogP contribution is 2.25. The van der Waals surface area contributed by atoms with Crippen molar-refractivity contribution in [3.05, 3.63) is 59.4 Å². The van der Waals surface area contributed by atoms with Gasteiger partial charge in [0, 0.05) is 6.20 Å². The molecular weight excluding hydrogens is 290 g/mol. The zero-order valence-corrected chi connectivity index (χ0v) is 14.4. The van der Waals surface area contributed by atoms with Gasteiger partial charge in [-0.3, -0.25) is 4.98 Å². The van der Waals surface area contributed by atoms with Crippen molar-refractivity contribution in [1.82, 2.24) is 10.3 Å². The second-order valence-electron chi connectivity index (χ2n) is 5.92. The molecule has 4 heteroatoms. The number of anilines is 1. The third-order valence-corrected chi connectivity index (χ3v) is 3.85. The number of hydrogen-bond acceptors (Lipinski definition) is 2. The molecule has 1 atom stereocenters. The standard InChI is InChI=1S/C18H23N3S/c1-12(2)17(16-8-7-13(3)10-14(16)4)21-18(22)20-15-6-5-9-19-11-15/h5-12,17H,1-4H3,(H2,20,21,22)/t17-/m0/s1. The van der Waals surface area contributed by atoms with Crippen molar-refractivity contribution in [2.75, 3.05) is 5.32 Å². The molecule has 0 aliphatic carbocycles. The van der Waals surface area contributed by atoms with Crippen molar-refractivity contribution in [2.45, 2.75) is 33.7 Å².